The number of benzene rings is 1. The van der Waals surface area contributed by atoms with Crippen molar-refractivity contribution in [3.05, 3.63) is 53.3 Å². The van der Waals surface area contributed by atoms with Gasteiger partial charge in [0.05, 0.1) is 12.3 Å². The number of rotatable bonds is 7. The first-order chi connectivity index (χ1) is 14.6. The van der Waals surface area contributed by atoms with E-state index in [0.29, 0.717) is 5.82 Å². The summed E-state index contributed by atoms with van der Waals surface area (Å²) in [5.41, 5.74) is 6.59. The van der Waals surface area contributed by atoms with E-state index in [-0.39, 0.29) is 18.6 Å². The normalized spacial score (nSPS) is 16.4. The highest BCUT2D eigenvalue weighted by Crippen LogP contribution is 2.19. The average Bonchev–Trinajstić information content (AvgIpc) is 3.48. The number of aryl methyl sites for hydroxylation is 1. The highest BCUT2D eigenvalue weighted by molar-refractivity contribution is 5.83. The second-order valence-electron chi connectivity index (χ2n) is 7.37. The van der Waals surface area contributed by atoms with Crippen molar-refractivity contribution in [2.45, 2.75) is 45.9 Å². The number of hydrogen-bond donors (Lipinski definition) is 1. The van der Waals surface area contributed by atoms with Gasteiger partial charge in [-0.05, 0) is 38.0 Å². The number of hydrogen-bond acceptors (Lipinski definition) is 6. The van der Waals surface area contributed by atoms with Crippen LogP contribution < -0.4 is 5.43 Å². The summed E-state index contributed by atoms with van der Waals surface area (Å²) < 4.78 is 7.98. The molecule has 1 aromatic carbocycles. The molecule has 0 saturated carbocycles. The summed E-state index contributed by atoms with van der Waals surface area (Å²) in [5.74, 6) is 0.155. The van der Waals surface area contributed by atoms with Gasteiger partial charge in [0.25, 0.3) is 5.91 Å². The summed E-state index contributed by atoms with van der Waals surface area (Å²) in [4.78, 5) is 13.4. The van der Waals surface area contributed by atoms with E-state index in [4.69, 9.17) is 4.74 Å². The monoisotopic (exact) mass is 407 g/mol. The van der Waals surface area contributed by atoms with Crippen LogP contribution in [-0.2, 0) is 22.6 Å². The molecule has 1 atom stereocenters. The Bertz CT molecular complexity index is 1030. The number of carbonyl (C=O) groups excluding carboxylic acids is 1. The van der Waals surface area contributed by atoms with Crippen LogP contribution in [0.5, 0.6) is 0 Å². The third kappa shape index (κ3) is 4.62. The SMILES string of the molecule is Cc1cc(/C=N\NC(=O)Cn2nnc(-c3ccccc3)n2)c(C)n1C[C@H]1CCCO1. The third-order valence-electron chi connectivity index (χ3n) is 5.19. The Labute approximate surface area is 174 Å². The Morgan fingerprint density at radius 1 is 1.33 bits per heavy atom. The summed E-state index contributed by atoms with van der Waals surface area (Å²) in [6.45, 7) is 5.75. The predicted octanol–water partition coefficient (Wildman–Crippen LogP) is 2.09. The van der Waals surface area contributed by atoms with Crippen LogP contribution in [0, 0.1) is 13.8 Å². The fourth-order valence-electron chi connectivity index (χ4n) is 3.58. The molecule has 0 radical (unpaired) electrons. The first-order valence-corrected chi connectivity index (χ1v) is 10.0. The van der Waals surface area contributed by atoms with Crippen LogP contribution in [0.1, 0.15) is 29.8 Å². The topological polar surface area (TPSA) is 99.2 Å². The minimum atomic E-state index is -0.323. The van der Waals surface area contributed by atoms with Crippen LogP contribution in [0.4, 0.5) is 0 Å². The molecule has 3 heterocycles. The minimum absolute atomic E-state index is 0.0603. The lowest BCUT2D eigenvalue weighted by Gasteiger charge is -2.14. The zero-order valence-corrected chi connectivity index (χ0v) is 17.2. The quantitative estimate of drug-likeness (QED) is 0.478. The molecule has 1 amide bonds. The Balaban J connectivity index is 1.33. The van der Waals surface area contributed by atoms with E-state index in [9.17, 15) is 4.79 Å². The van der Waals surface area contributed by atoms with Crippen LogP contribution in [0.3, 0.4) is 0 Å². The molecule has 9 nitrogen and oxygen atoms in total. The molecule has 0 unspecified atom stereocenters. The van der Waals surface area contributed by atoms with Crippen LogP contribution >= 0.6 is 0 Å². The summed E-state index contributed by atoms with van der Waals surface area (Å²) in [6, 6.07) is 11.6. The van der Waals surface area contributed by atoms with E-state index in [0.717, 1.165) is 48.5 Å². The van der Waals surface area contributed by atoms with Crippen molar-refractivity contribution in [1.82, 2.24) is 30.2 Å². The van der Waals surface area contributed by atoms with E-state index < -0.39 is 0 Å². The van der Waals surface area contributed by atoms with Crippen molar-refractivity contribution in [2.24, 2.45) is 5.10 Å². The minimum Gasteiger partial charge on any atom is -0.376 e. The number of ether oxygens (including phenoxy) is 1. The lowest BCUT2D eigenvalue weighted by molar-refractivity contribution is -0.122. The van der Waals surface area contributed by atoms with Crippen LogP contribution in [0.2, 0.25) is 0 Å². The number of nitrogens with one attached hydrogen (secondary N) is 1. The molecule has 0 aliphatic carbocycles. The Hall–Kier alpha value is -3.33. The van der Waals surface area contributed by atoms with E-state index in [1.54, 1.807) is 6.21 Å². The predicted molar refractivity (Wildman–Crippen MR) is 112 cm³/mol. The van der Waals surface area contributed by atoms with Gasteiger partial charge in [0.15, 0.2) is 0 Å². The van der Waals surface area contributed by atoms with E-state index >= 15 is 0 Å². The third-order valence-corrected chi connectivity index (χ3v) is 5.19. The molecule has 0 bridgehead atoms. The van der Waals surface area contributed by atoms with Gasteiger partial charge in [-0.1, -0.05) is 30.3 Å². The highest BCUT2D eigenvalue weighted by atomic mass is 16.5. The molecular formula is C21H25N7O2. The Kier molecular flexibility index (Phi) is 5.99. The molecule has 2 aromatic heterocycles. The first-order valence-electron chi connectivity index (χ1n) is 10.0. The highest BCUT2D eigenvalue weighted by Gasteiger charge is 2.18. The van der Waals surface area contributed by atoms with Gasteiger partial charge in [-0.3, -0.25) is 4.79 Å². The molecule has 1 aliphatic heterocycles. The number of hydrazone groups is 1. The maximum Gasteiger partial charge on any atom is 0.263 e. The maximum atomic E-state index is 12.2. The van der Waals surface area contributed by atoms with Gasteiger partial charge in [0.1, 0.15) is 6.54 Å². The maximum absolute atomic E-state index is 12.2. The number of nitrogens with zero attached hydrogens (tertiary/aromatic N) is 6. The molecular weight excluding hydrogens is 382 g/mol. The van der Waals surface area contributed by atoms with Crippen molar-refractivity contribution in [3.8, 4) is 11.4 Å². The lowest BCUT2D eigenvalue weighted by Crippen LogP contribution is -2.24. The summed E-state index contributed by atoms with van der Waals surface area (Å²) >= 11 is 0. The van der Waals surface area contributed by atoms with Crippen LogP contribution in [0.25, 0.3) is 11.4 Å². The molecule has 0 spiro atoms. The summed E-state index contributed by atoms with van der Waals surface area (Å²) in [5, 5.41) is 16.2. The van der Waals surface area contributed by atoms with Gasteiger partial charge < -0.3 is 9.30 Å². The Morgan fingerprint density at radius 3 is 2.93 bits per heavy atom. The molecule has 9 heteroatoms. The molecule has 3 aromatic rings. The van der Waals surface area contributed by atoms with Crippen molar-refractivity contribution in [1.29, 1.82) is 0 Å². The molecule has 4 rings (SSSR count). The Morgan fingerprint density at radius 2 is 2.17 bits per heavy atom. The van der Waals surface area contributed by atoms with Gasteiger partial charge in [0.2, 0.25) is 5.82 Å². The van der Waals surface area contributed by atoms with E-state index in [1.165, 1.54) is 4.80 Å². The number of carbonyl (C=O) groups is 1. The fraction of sp³-hybridized carbons (Fsp3) is 0.381. The summed E-state index contributed by atoms with van der Waals surface area (Å²) in [6.07, 6.45) is 4.16. The van der Waals surface area contributed by atoms with Crippen molar-refractivity contribution < 1.29 is 9.53 Å². The second-order valence-corrected chi connectivity index (χ2v) is 7.37. The largest absolute Gasteiger partial charge is 0.376 e. The lowest BCUT2D eigenvalue weighted by atomic mass is 10.2. The summed E-state index contributed by atoms with van der Waals surface area (Å²) in [7, 11) is 0. The molecule has 1 fully saturated rings. The average molecular weight is 407 g/mol. The van der Waals surface area contributed by atoms with Crippen LogP contribution in [-0.4, -0.2) is 49.6 Å². The van der Waals surface area contributed by atoms with E-state index in [2.05, 4.69) is 50.4 Å². The van der Waals surface area contributed by atoms with Gasteiger partial charge in [-0.2, -0.15) is 9.90 Å². The number of amides is 1. The van der Waals surface area contributed by atoms with Gasteiger partial charge >= 0.3 is 0 Å². The number of aromatic nitrogens is 5. The second kappa shape index (κ2) is 9.00. The molecule has 1 saturated heterocycles. The van der Waals surface area contributed by atoms with Gasteiger partial charge in [0, 0.05) is 35.7 Å². The van der Waals surface area contributed by atoms with Gasteiger partial charge in [-0.15, -0.1) is 10.2 Å². The zero-order chi connectivity index (χ0) is 20.9. The van der Waals surface area contributed by atoms with Crippen LogP contribution in [0.15, 0.2) is 41.5 Å². The van der Waals surface area contributed by atoms with E-state index in [1.807, 2.05) is 30.3 Å². The van der Waals surface area contributed by atoms with Crippen molar-refractivity contribution in [3.63, 3.8) is 0 Å². The standard InChI is InChI=1S/C21H25N7O2/c1-15-11-18(16(2)27(15)13-19-9-6-10-30-19)12-22-23-20(29)14-28-25-21(24-26-28)17-7-4-3-5-8-17/h3-5,7-8,11-12,19H,6,9-10,13-14H2,1-2H3,(H,23,29)/b22-12-/t19-/m1/s1. The molecule has 30 heavy (non-hydrogen) atoms. The molecule has 156 valence electrons. The van der Waals surface area contributed by atoms with Crippen molar-refractivity contribution >= 4 is 12.1 Å². The molecule has 1 aliphatic rings. The fourth-order valence-corrected chi connectivity index (χ4v) is 3.58. The molecule has 1 N–H and O–H groups in total. The van der Waals surface area contributed by atoms with Crippen molar-refractivity contribution in [2.75, 3.05) is 6.61 Å². The smallest absolute Gasteiger partial charge is 0.263 e. The number of tetrazole rings is 1. The first kappa shape index (κ1) is 20.0. The zero-order valence-electron chi connectivity index (χ0n) is 17.2. The van der Waals surface area contributed by atoms with Gasteiger partial charge in [-0.25, -0.2) is 5.43 Å².